The summed E-state index contributed by atoms with van der Waals surface area (Å²) in [6.45, 7) is 5.08. The van der Waals surface area contributed by atoms with Crippen LogP contribution in [0.3, 0.4) is 0 Å². The largest absolute Gasteiger partial charge is 0.306 e. The molecule has 0 fully saturated rings. The lowest BCUT2D eigenvalue weighted by molar-refractivity contribution is 0.571. The van der Waals surface area contributed by atoms with Gasteiger partial charge in [0.2, 0.25) is 0 Å². The number of nitrogens with zero attached hydrogens (tertiary/aromatic N) is 4. The molecule has 0 saturated carbocycles. The summed E-state index contributed by atoms with van der Waals surface area (Å²) in [5, 5.41) is 12.5. The molecule has 0 bridgehead atoms. The zero-order valence-corrected chi connectivity index (χ0v) is 15.6. The quantitative estimate of drug-likeness (QED) is 0.562. The van der Waals surface area contributed by atoms with Crippen molar-refractivity contribution in [3.05, 3.63) is 96.1 Å². The first-order valence-electron chi connectivity index (χ1n) is 9.14. The Hall–Kier alpha value is -3.18. The predicted molar refractivity (Wildman–Crippen MR) is 107 cm³/mol. The Labute approximate surface area is 159 Å². The summed E-state index contributed by atoms with van der Waals surface area (Å²) in [5.41, 5.74) is 5.75. The van der Waals surface area contributed by atoms with Crippen molar-refractivity contribution in [2.24, 2.45) is 0 Å². The van der Waals surface area contributed by atoms with Gasteiger partial charge in [-0.1, -0.05) is 30.3 Å². The molecular formula is C22H23N5. The SMILES string of the molecule is Cc1c([C@@H](C)NCc2cccc(-n3cccn3)c2)cnn1-c1ccccc1. The van der Waals surface area contributed by atoms with Gasteiger partial charge in [-0.2, -0.15) is 10.2 Å². The normalized spacial score (nSPS) is 12.2. The van der Waals surface area contributed by atoms with E-state index in [0.29, 0.717) is 0 Å². The highest BCUT2D eigenvalue weighted by atomic mass is 15.3. The lowest BCUT2D eigenvalue weighted by atomic mass is 10.1. The second-order valence-corrected chi connectivity index (χ2v) is 6.66. The third-order valence-electron chi connectivity index (χ3n) is 4.81. The Bertz CT molecular complexity index is 1000. The Kier molecular flexibility index (Phi) is 4.85. The zero-order chi connectivity index (χ0) is 18.6. The minimum absolute atomic E-state index is 0.204. The van der Waals surface area contributed by atoms with Crippen LogP contribution in [-0.4, -0.2) is 19.6 Å². The number of aromatic nitrogens is 4. The van der Waals surface area contributed by atoms with Gasteiger partial charge in [-0.15, -0.1) is 0 Å². The molecule has 2 aromatic heterocycles. The topological polar surface area (TPSA) is 47.7 Å². The minimum atomic E-state index is 0.204. The number of benzene rings is 2. The molecule has 0 aliphatic heterocycles. The summed E-state index contributed by atoms with van der Waals surface area (Å²) in [4.78, 5) is 0. The molecule has 0 spiro atoms. The van der Waals surface area contributed by atoms with Crippen molar-refractivity contribution >= 4 is 0 Å². The molecule has 0 amide bonds. The van der Waals surface area contributed by atoms with Crippen LogP contribution in [0.15, 0.2) is 79.3 Å². The van der Waals surface area contributed by atoms with Gasteiger partial charge in [0.15, 0.2) is 0 Å². The molecule has 136 valence electrons. The standard InChI is InChI=1S/C22H23N5/c1-17(22-16-25-27(18(22)2)20-9-4-3-5-10-20)23-15-19-8-6-11-21(14-19)26-13-7-12-24-26/h3-14,16-17,23H,15H2,1-2H3/t17-/m1/s1. The van der Waals surface area contributed by atoms with Crippen molar-refractivity contribution < 1.29 is 0 Å². The summed E-state index contributed by atoms with van der Waals surface area (Å²) >= 11 is 0. The Morgan fingerprint density at radius 1 is 0.963 bits per heavy atom. The Morgan fingerprint density at radius 2 is 1.78 bits per heavy atom. The van der Waals surface area contributed by atoms with E-state index in [1.807, 2.05) is 46.0 Å². The first kappa shape index (κ1) is 17.2. The molecule has 2 aromatic carbocycles. The van der Waals surface area contributed by atoms with Crippen LogP contribution in [0, 0.1) is 6.92 Å². The Balaban J connectivity index is 1.47. The van der Waals surface area contributed by atoms with Gasteiger partial charge in [0.25, 0.3) is 0 Å². The Morgan fingerprint density at radius 3 is 2.56 bits per heavy atom. The molecule has 4 aromatic rings. The van der Waals surface area contributed by atoms with E-state index in [9.17, 15) is 0 Å². The van der Waals surface area contributed by atoms with Crippen molar-refractivity contribution in [3.8, 4) is 11.4 Å². The molecule has 5 heteroatoms. The fourth-order valence-corrected chi connectivity index (χ4v) is 3.29. The van der Waals surface area contributed by atoms with Gasteiger partial charge in [0.05, 0.1) is 17.6 Å². The van der Waals surface area contributed by atoms with Crippen molar-refractivity contribution in [2.45, 2.75) is 26.4 Å². The van der Waals surface area contributed by atoms with Crippen LogP contribution in [-0.2, 0) is 6.54 Å². The van der Waals surface area contributed by atoms with E-state index in [2.05, 4.69) is 65.8 Å². The highest BCUT2D eigenvalue weighted by Gasteiger charge is 2.14. The van der Waals surface area contributed by atoms with E-state index in [1.54, 1.807) is 6.20 Å². The number of para-hydroxylation sites is 1. The van der Waals surface area contributed by atoms with Crippen LogP contribution in [0.1, 0.15) is 29.8 Å². The highest BCUT2D eigenvalue weighted by molar-refractivity contribution is 5.36. The molecule has 5 nitrogen and oxygen atoms in total. The number of rotatable bonds is 6. The van der Waals surface area contributed by atoms with Gasteiger partial charge >= 0.3 is 0 Å². The van der Waals surface area contributed by atoms with Crippen LogP contribution < -0.4 is 5.32 Å². The van der Waals surface area contributed by atoms with Gasteiger partial charge < -0.3 is 5.32 Å². The maximum absolute atomic E-state index is 4.57. The molecule has 4 rings (SSSR count). The maximum atomic E-state index is 4.57. The molecule has 1 N–H and O–H groups in total. The van der Waals surface area contributed by atoms with Gasteiger partial charge in [-0.25, -0.2) is 9.36 Å². The van der Waals surface area contributed by atoms with E-state index in [-0.39, 0.29) is 6.04 Å². The lowest BCUT2D eigenvalue weighted by Crippen LogP contribution is -2.18. The van der Waals surface area contributed by atoms with E-state index in [1.165, 1.54) is 11.1 Å². The minimum Gasteiger partial charge on any atom is -0.306 e. The molecule has 0 radical (unpaired) electrons. The summed E-state index contributed by atoms with van der Waals surface area (Å²) in [6, 6.07) is 20.8. The van der Waals surface area contributed by atoms with E-state index in [0.717, 1.165) is 23.6 Å². The molecular weight excluding hydrogens is 334 g/mol. The van der Waals surface area contributed by atoms with Crippen molar-refractivity contribution in [1.29, 1.82) is 0 Å². The summed E-state index contributed by atoms with van der Waals surface area (Å²) in [6.07, 6.45) is 5.71. The number of hydrogen-bond acceptors (Lipinski definition) is 3. The molecule has 0 aliphatic rings. The summed E-state index contributed by atoms with van der Waals surface area (Å²) in [5.74, 6) is 0. The van der Waals surface area contributed by atoms with E-state index >= 15 is 0 Å². The molecule has 2 heterocycles. The zero-order valence-electron chi connectivity index (χ0n) is 15.6. The second-order valence-electron chi connectivity index (χ2n) is 6.66. The third kappa shape index (κ3) is 3.68. The summed E-state index contributed by atoms with van der Waals surface area (Å²) < 4.78 is 3.87. The first-order chi connectivity index (χ1) is 13.2. The van der Waals surface area contributed by atoms with Crippen molar-refractivity contribution in [2.75, 3.05) is 0 Å². The average molecular weight is 357 g/mol. The number of hydrogen-bond donors (Lipinski definition) is 1. The van der Waals surface area contributed by atoms with Crippen molar-refractivity contribution in [3.63, 3.8) is 0 Å². The van der Waals surface area contributed by atoms with Gasteiger partial charge in [-0.3, -0.25) is 0 Å². The van der Waals surface area contributed by atoms with Gasteiger partial charge in [0, 0.05) is 36.2 Å². The van der Waals surface area contributed by atoms with Crippen LogP contribution in [0.5, 0.6) is 0 Å². The fourth-order valence-electron chi connectivity index (χ4n) is 3.29. The lowest BCUT2D eigenvalue weighted by Gasteiger charge is -2.15. The van der Waals surface area contributed by atoms with Gasteiger partial charge in [-0.05, 0) is 49.7 Å². The maximum Gasteiger partial charge on any atom is 0.0648 e. The van der Waals surface area contributed by atoms with E-state index in [4.69, 9.17) is 0 Å². The molecule has 0 unspecified atom stereocenters. The highest BCUT2D eigenvalue weighted by Crippen LogP contribution is 2.20. The monoisotopic (exact) mass is 357 g/mol. The fraction of sp³-hybridized carbons (Fsp3) is 0.182. The number of nitrogens with one attached hydrogen (secondary N) is 1. The molecule has 27 heavy (non-hydrogen) atoms. The second kappa shape index (κ2) is 7.60. The van der Waals surface area contributed by atoms with Gasteiger partial charge in [0.1, 0.15) is 0 Å². The van der Waals surface area contributed by atoms with E-state index < -0.39 is 0 Å². The van der Waals surface area contributed by atoms with Crippen LogP contribution in [0.25, 0.3) is 11.4 Å². The summed E-state index contributed by atoms with van der Waals surface area (Å²) in [7, 11) is 0. The smallest absolute Gasteiger partial charge is 0.0648 e. The van der Waals surface area contributed by atoms with Crippen molar-refractivity contribution in [1.82, 2.24) is 24.9 Å². The predicted octanol–water partition coefficient (Wildman–Crippen LogP) is 4.22. The average Bonchev–Trinajstić information content (AvgIpc) is 3.37. The first-order valence-corrected chi connectivity index (χ1v) is 9.14. The van der Waals surface area contributed by atoms with Crippen LogP contribution in [0.2, 0.25) is 0 Å². The molecule has 0 aliphatic carbocycles. The molecule has 0 saturated heterocycles. The van der Waals surface area contributed by atoms with Crippen LogP contribution >= 0.6 is 0 Å². The third-order valence-corrected chi connectivity index (χ3v) is 4.81. The van der Waals surface area contributed by atoms with Crippen LogP contribution in [0.4, 0.5) is 0 Å². The molecule has 1 atom stereocenters.